The molecule has 1 saturated carbocycles. The maximum atomic E-state index is 3.73. The van der Waals surface area contributed by atoms with Crippen molar-refractivity contribution in [2.45, 2.75) is 38.3 Å². The minimum atomic E-state index is 0.765. The molecule has 70 valence electrons. The fourth-order valence-corrected chi connectivity index (χ4v) is 2.18. The standard InChI is InChI=1S/C10H20N2/c1-8(9-3-4-9)11-10-5-6-12(2)7-10/h8-11H,3-7H2,1-2H3. The Morgan fingerprint density at radius 2 is 2.08 bits per heavy atom. The first kappa shape index (κ1) is 8.52. The summed E-state index contributed by atoms with van der Waals surface area (Å²) in [5.41, 5.74) is 0. The Bertz CT molecular complexity index is 154. The molecule has 0 spiro atoms. The van der Waals surface area contributed by atoms with E-state index in [0.29, 0.717) is 0 Å². The number of likely N-dealkylation sites (N-methyl/N-ethyl adjacent to an activating group) is 1. The zero-order valence-corrected chi connectivity index (χ0v) is 8.21. The molecule has 2 nitrogen and oxygen atoms in total. The molecule has 0 aromatic heterocycles. The van der Waals surface area contributed by atoms with E-state index in [1.165, 1.54) is 32.4 Å². The van der Waals surface area contributed by atoms with E-state index in [-0.39, 0.29) is 0 Å². The van der Waals surface area contributed by atoms with E-state index in [9.17, 15) is 0 Å². The molecule has 0 aromatic rings. The van der Waals surface area contributed by atoms with Crippen LogP contribution < -0.4 is 5.32 Å². The topological polar surface area (TPSA) is 15.3 Å². The maximum Gasteiger partial charge on any atom is 0.0209 e. The lowest BCUT2D eigenvalue weighted by Crippen LogP contribution is -2.39. The van der Waals surface area contributed by atoms with Crippen LogP contribution in [0.1, 0.15) is 26.2 Å². The Morgan fingerprint density at radius 1 is 1.33 bits per heavy atom. The summed E-state index contributed by atoms with van der Waals surface area (Å²) < 4.78 is 0. The molecule has 2 rings (SSSR count). The molecule has 1 aliphatic heterocycles. The largest absolute Gasteiger partial charge is 0.310 e. The highest BCUT2D eigenvalue weighted by molar-refractivity contribution is 4.88. The van der Waals surface area contributed by atoms with Gasteiger partial charge in [-0.1, -0.05) is 0 Å². The molecule has 0 amide bonds. The quantitative estimate of drug-likeness (QED) is 0.678. The van der Waals surface area contributed by atoms with Gasteiger partial charge in [-0.3, -0.25) is 0 Å². The van der Waals surface area contributed by atoms with Crippen molar-refractivity contribution in [2.24, 2.45) is 5.92 Å². The van der Waals surface area contributed by atoms with Gasteiger partial charge >= 0.3 is 0 Å². The zero-order valence-electron chi connectivity index (χ0n) is 8.21. The predicted octanol–water partition coefficient (Wildman–Crippen LogP) is 1.08. The molecule has 0 aromatic carbocycles. The van der Waals surface area contributed by atoms with E-state index in [4.69, 9.17) is 0 Å². The van der Waals surface area contributed by atoms with Gasteiger partial charge in [0.1, 0.15) is 0 Å². The first-order valence-corrected chi connectivity index (χ1v) is 5.20. The van der Waals surface area contributed by atoms with Gasteiger partial charge in [0.2, 0.25) is 0 Å². The molecule has 2 fully saturated rings. The van der Waals surface area contributed by atoms with Gasteiger partial charge in [0.15, 0.2) is 0 Å². The summed E-state index contributed by atoms with van der Waals surface area (Å²) in [5, 5.41) is 3.73. The van der Waals surface area contributed by atoms with E-state index >= 15 is 0 Å². The number of nitrogens with zero attached hydrogens (tertiary/aromatic N) is 1. The van der Waals surface area contributed by atoms with E-state index in [2.05, 4.69) is 24.2 Å². The lowest BCUT2D eigenvalue weighted by atomic mass is 10.1. The summed E-state index contributed by atoms with van der Waals surface area (Å²) in [7, 11) is 2.21. The highest BCUT2D eigenvalue weighted by Gasteiger charge is 2.30. The Hall–Kier alpha value is -0.0800. The van der Waals surface area contributed by atoms with Crippen LogP contribution in [0.25, 0.3) is 0 Å². The second-order valence-corrected chi connectivity index (χ2v) is 4.54. The number of hydrogen-bond donors (Lipinski definition) is 1. The Morgan fingerprint density at radius 3 is 2.58 bits per heavy atom. The van der Waals surface area contributed by atoms with Crippen LogP contribution >= 0.6 is 0 Å². The van der Waals surface area contributed by atoms with Crippen molar-refractivity contribution >= 4 is 0 Å². The molecular formula is C10H20N2. The normalized spacial score (nSPS) is 34.0. The average Bonchev–Trinajstić information content (AvgIpc) is 2.78. The summed E-state index contributed by atoms with van der Waals surface area (Å²) in [5.74, 6) is 0.996. The van der Waals surface area contributed by atoms with Crippen LogP contribution in [0.5, 0.6) is 0 Å². The van der Waals surface area contributed by atoms with Gasteiger partial charge in [-0.25, -0.2) is 0 Å². The summed E-state index contributed by atoms with van der Waals surface area (Å²) >= 11 is 0. The van der Waals surface area contributed by atoms with Gasteiger partial charge in [-0.2, -0.15) is 0 Å². The van der Waals surface area contributed by atoms with Crippen LogP contribution in [0.3, 0.4) is 0 Å². The van der Waals surface area contributed by atoms with Crippen LogP contribution in [0.15, 0.2) is 0 Å². The van der Waals surface area contributed by atoms with Crippen molar-refractivity contribution in [3.8, 4) is 0 Å². The maximum absolute atomic E-state index is 3.73. The van der Waals surface area contributed by atoms with Crippen molar-refractivity contribution in [1.82, 2.24) is 10.2 Å². The van der Waals surface area contributed by atoms with E-state index < -0.39 is 0 Å². The zero-order chi connectivity index (χ0) is 8.55. The number of nitrogens with one attached hydrogen (secondary N) is 1. The SMILES string of the molecule is CC(NC1CCN(C)C1)C1CC1. The third-order valence-electron chi connectivity index (χ3n) is 3.22. The molecule has 1 N–H and O–H groups in total. The number of rotatable bonds is 3. The second kappa shape index (κ2) is 3.35. The van der Waals surface area contributed by atoms with E-state index in [1.54, 1.807) is 0 Å². The molecule has 1 aliphatic carbocycles. The highest BCUT2D eigenvalue weighted by Crippen LogP contribution is 2.32. The molecule has 0 radical (unpaired) electrons. The first-order chi connectivity index (χ1) is 5.75. The Kier molecular flexibility index (Phi) is 2.37. The van der Waals surface area contributed by atoms with Crippen molar-refractivity contribution in [3.05, 3.63) is 0 Å². The fourth-order valence-electron chi connectivity index (χ4n) is 2.18. The third-order valence-corrected chi connectivity index (χ3v) is 3.22. The monoisotopic (exact) mass is 168 g/mol. The summed E-state index contributed by atoms with van der Waals surface area (Å²) in [6.07, 6.45) is 4.25. The summed E-state index contributed by atoms with van der Waals surface area (Å²) in [6.45, 7) is 4.86. The Labute approximate surface area is 75.3 Å². The Balaban J connectivity index is 1.71. The van der Waals surface area contributed by atoms with Gasteiger partial charge in [-0.15, -0.1) is 0 Å². The lowest BCUT2D eigenvalue weighted by Gasteiger charge is -2.18. The molecule has 2 atom stereocenters. The van der Waals surface area contributed by atoms with Gasteiger partial charge in [0, 0.05) is 18.6 Å². The van der Waals surface area contributed by atoms with Crippen molar-refractivity contribution in [2.75, 3.05) is 20.1 Å². The van der Waals surface area contributed by atoms with E-state index in [1.807, 2.05) is 0 Å². The lowest BCUT2D eigenvalue weighted by molar-refractivity contribution is 0.375. The molecule has 1 saturated heterocycles. The van der Waals surface area contributed by atoms with Crippen LogP contribution in [0.2, 0.25) is 0 Å². The second-order valence-electron chi connectivity index (χ2n) is 4.54. The minimum Gasteiger partial charge on any atom is -0.310 e. The van der Waals surface area contributed by atoms with Gasteiger partial charge < -0.3 is 10.2 Å². The first-order valence-electron chi connectivity index (χ1n) is 5.20. The van der Waals surface area contributed by atoms with Crippen LogP contribution in [-0.4, -0.2) is 37.1 Å². The van der Waals surface area contributed by atoms with Crippen molar-refractivity contribution in [1.29, 1.82) is 0 Å². The summed E-state index contributed by atoms with van der Waals surface area (Å²) in [4.78, 5) is 2.41. The van der Waals surface area contributed by atoms with Crippen LogP contribution in [0, 0.1) is 5.92 Å². The smallest absolute Gasteiger partial charge is 0.0209 e. The molecule has 2 unspecified atom stereocenters. The molecule has 1 heterocycles. The fraction of sp³-hybridized carbons (Fsp3) is 1.00. The third kappa shape index (κ3) is 1.99. The van der Waals surface area contributed by atoms with Crippen molar-refractivity contribution < 1.29 is 0 Å². The van der Waals surface area contributed by atoms with Gasteiger partial charge in [0.05, 0.1) is 0 Å². The number of hydrogen-bond acceptors (Lipinski definition) is 2. The minimum absolute atomic E-state index is 0.765. The number of likely N-dealkylation sites (tertiary alicyclic amines) is 1. The van der Waals surface area contributed by atoms with Gasteiger partial charge in [-0.05, 0) is 45.7 Å². The van der Waals surface area contributed by atoms with Crippen LogP contribution in [0.4, 0.5) is 0 Å². The molecule has 2 heteroatoms. The molecule has 12 heavy (non-hydrogen) atoms. The molecular weight excluding hydrogens is 148 g/mol. The average molecular weight is 168 g/mol. The van der Waals surface area contributed by atoms with Crippen molar-refractivity contribution in [3.63, 3.8) is 0 Å². The predicted molar refractivity (Wildman–Crippen MR) is 51.2 cm³/mol. The summed E-state index contributed by atoms with van der Waals surface area (Å²) in [6, 6.07) is 1.53. The molecule has 0 bridgehead atoms. The van der Waals surface area contributed by atoms with Gasteiger partial charge in [0.25, 0.3) is 0 Å². The van der Waals surface area contributed by atoms with Crippen LogP contribution in [-0.2, 0) is 0 Å². The van der Waals surface area contributed by atoms with E-state index in [0.717, 1.165) is 18.0 Å². The molecule has 2 aliphatic rings. The highest BCUT2D eigenvalue weighted by atomic mass is 15.2.